The fourth-order valence-electron chi connectivity index (χ4n) is 1.13. The lowest BCUT2D eigenvalue weighted by Crippen LogP contribution is -1.97. The lowest BCUT2D eigenvalue weighted by molar-refractivity contribution is 0.768. The van der Waals surface area contributed by atoms with Crippen molar-refractivity contribution in [3.8, 4) is 6.07 Å². The highest BCUT2D eigenvalue weighted by Gasteiger charge is 2.04. The number of hydrogen-bond acceptors (Lipinski definition) is 5. The van der Waals surface area contributed by atoms with E-state index in [2.05, 4.69) is 20.4 Å². The Kier molecular flexibility index (Phi) is 2.29. The summed E-state index contributed by atoms with van der Waals surface area (Å²) in [6.07, 6.45) is 6.44. The normalized spacial score (nSPS) is 9.60. The lowest BCUT2D eigenvalue weighted by atomic mass is 10.4. The van der Waals surface area contributed by atoms with Crippen LogP contribution in [0.5, 0.6) is 0 Å². The van der Waals surface area contributed by atoms with Gasteiger partial charge in [0.25, 0.3) is 0 Å². The van der Waals surface area contributed by atoms with Gasteiger partial charge in [0.2, 0.25) is 0 Å². The van der Waals surface area contributed by atoms with Crippen LogP contribution in [0.25, 0.3) is 0 Å². The molecule has 0 unspecified atom stereocenters. The van der Waals surface area contributed by atoms with Crippen molar-refractivity contribution in [3.05, 3.63) is 30.5 Å². The zero-order valence-electron chi connectivity index (χ0n) is 8.05. The van der Waals surface area contributed by atoms with Crippen LogP contribution in [-0.2, 0) is 7.05 Å². The molecule has 15 heavy (non-hydrogen) atoms. The van der Waals surface area contributed by atoms with Crippen LogP contribution in [-0.4, -0.2) is 19.7 Å². The molecule has 2 rings (SSSR count). The number of nitrogens with one attached hydrogen (secondary N) is 1. The molecule has 0 amide bonds. The molecule has 0 aliphatic carbocycles. The molecular formula is C9H8N6. The lowest BCUT2D eigenvalue weighted by Gasteiger charge is -2.01. The van der Waals surface area contributed by atoms with Gasteiger partial charge in [-0.15, -0.1) is 0 Å². The first-order chi connectivity index (χ1) is 7.29. The molecule has 2 heterocycles. The summed E-state index contributed by atoms with van der Waals surface area (Å²) in [5.74, 6) is 0.438. The van der Waals surface area contributed by atoms with E-state index in [1.165, 1.54) is 12.4 Å². The highest BCUT2D eigenvalue weighted by Crippen LogP contribution is 2.14. The summed E-state index contributed by atoms with van der Waals surface area (Å²) in [5.41, 5.74) is 1.04. The van der Waals surface area contributed by atoms with Crippen molar-refractivity contribution in [1.29, 1.82) is 5.26 Å². The molecule has 0 atom stereocenters. The minimum absolute atomic E-state index is 0.265. The number of hydrogen-bond donors (Lipinski definition) is 1. The van der Waals surface area contributed by atoms with Crippen molar-refractivity contribution in [2.75, 3.05) is 5.32 Å². The predicted octanol–water partition coefficient (Wildman–Crippen LogP) is 0.825. The van der Waals surface area contributed by atoms with Crippen LogP contribution < -0.4 is 5.32 Å². The SMILES string of the molecule is Cn1cc(Nc2nccnc2C#N)cn1. The van der Waals surface area contributed by atoms with Gasteiger partial charge in [-0.05, 0) is 0 Å². The molecule has 2 aromatic rings. The number of nitrogens with zero attached hydrogens (tertiary/aromatic N) is 5. The minimum Gasteiger partial charge on any atom is -0.335 e. The van der Waals surface area contributed by atoms with E-state index in [-0.39, 0.29) is 5.69 Å². The predicted molar refractivity (Wildman–Crippen MR) is 53.2 cm³/mol. The Bertz CT molecular complexity index is 509. The molecule has 0 radical (unpaired) electrons. The van der Waals surface area contributed by atoms with Crippen molar-refractivity contribution < 1.29 is 0 Å². The van der Waals surface area contributed by atoms with Crippen LogP contribution in [0.15, 0.2) is 24.8 Å². The maximum Gasteiger partial charge on any atom is 0.183 e. The van der Waals surface area contributed by atoms with Crippen molar-refractivity contribution in [1.82, 2.24) is 19.7 Å². The van der Waals surface area contributed by atoms with E-state index >= 15 is 0 Å². The fraction of sp³-hybridized carbons (Fsp3) is 0.111. The topological polar surface area (TPSA) is 79.4 Å². The molecule has 0 bridgehead atoms. The average molecular weight is 200 g/mol. The average Bonchev–Trinajstić information content (AvgIpc) is 2.65. The van der Waals surface area contributed by atoms with Crippen LogP contribution >= 0.6 is 0 Å². The smallest absolute Gasteiger partial charge is 0.183 e. The van der Waals surface area contributed by atoms with Crippen molar-refractivity contribution in [2.45, 2.75) is 0 Å². The third-order valence-corrected chi connectivity index (χ3v) is 1.77. The third kappa shape index (κ3) is 1.91. The summed E-state index contributed by atoms with van der Waals surface area (Å²) in [5, 5.41) is 15.7. The standard InChI is InChI=1S/C9H8N6/c1-15-6-7(5-13-15)14-9-8(4-10)11-2-3-12-9/h2-3,5-6H,1H3,(H,12,14). The van der Waals surface area contributed by atoms with Crippen molar-refractivity contribution in [2.24, 2.45) is 7.05 Å². The van der Waals surface area contributed by atoms with E-state index in [0.717, 1.165) is 5.69 Å². The molecule has 0 fully saturated rings. The van der Waals surface area contributed by atoms with Gasteiger partial charge in [-0.3, -0.25) is 4.68 Å². The van der Waals surface area contributed by atoms with Crippen molar-refractivity contribution >= 4 is 11.5 Å². The van der Waals surface area contributed by atoms with Gasteiger partial charge >= 0.3 is 0 Å². The Labute approximate surface area is 86.2 Å². The molecule has 0 saturated heterocycles. The van der Waals surface area contributed by atoms with Gasteiger partial charge in [0, 0.05) is 25.6 Å². The maximum absolute atomic E-state index is 8.79. The van der Waals surface area contributed by atoms with Crippen LogP contribution in [0.4, 0.5) is 11.5 Å². The maximum atomic E-state index is 8.79. The monoisotopic (exact) mass is 200 g/mol. The highest BCUT2D eigenvalue weighted by molar-refractivity contribution is 5.58. The van der Waals surface area contributed by atoms with Crippen molar-refractivity contribution in [3.63, 3.8) is 0 Å². The molecule has 0 aliphatic heterocycles. The third-order valence-electron chi connectivity index (χ3n) is 1.77. The van der Waals surface area contributed by atoms with Crippen LogP contribution in [0.2, 0.25) is 0 Å². The molecule has 6 heteroatoms. The largest absolute Gasteiger partial charge is 0.335 e. The molecule has 0 aliphatic rings. The zero-order chi connectivity index (χ0) is 10.7. The summed E-state index contributed by atoms with van der Waals surface area (Å²) >= 11 is 0. The molecule has 0 saturated carbocycles. The first-order valence-corrected chi connectivity index (χ1v) is 4.26. The van der Waals surface area contributed by atoms with Crippen LogP contribution in [0.1, 0.15) is 5.69 Å². The Morgan fingerprint density at radius 3 is 2.87 bits per heavy atom. The molecular weight excluding hydrogens is 192 g/mol. The van der Waals surface area contributed by atoms with E-state index in [1.54, 1.807) is 17.1 Å². The minimum atomic E-state index is 0.265. The molecule has 0 spiro atoms. The molecule has 6 nitrogen and oxygen atoms in total. The van der Waals surface area contributed by atoms with Gasteiger partial charge in [0.05, 0.1) is 11.9 Å². The van der Waals surface area contributed by atoms with Crippen LogP contribution in [0, 0.1) is 11.3 Å². The van der Waals surface area contributed by atoms with E-state index < -0.39 is 0 Å². The number of rotatable bonds is 2. The second kappa shape index (κ2) is 3.75. The van der Waals surface area contributed by atoms with Gasteiger partial charge in [-0.2, -0.15) is 10.4 Å². The Hall–Kier alpha value is -2.42. The highest BCUT2D eigenvalue weighted by atomic mass is 15.3. The van der Waals surface area contributed by atoms with Gasteiger partial charge in [-0.1, -0.05) is 0 Å². The van der Waals surface area contributed by atoms with E-state index in [9.17, 15) is 0 Å². The first-order valence-electron chi connectivity index (χ1n) is 4.26. The number of nitriles is 1. The molecule has 2 aromatic heterocycles. The summed E-state index contributed by atoms with van der Waals surface area (Å²) < 4.78 is 1.66. The van der Waals surface area contributed by atoms with Gasteiger partial charge in [0.1, 0.15) is 6.07 Å². The second-order valence-electron chi connectivity index (χ2n) is 2.89. The fourth-order valence-corrected chi connectivity index (χ4v) is 1.13. The number of aromatic nitrogens is 4. The number of anilines is 2. The Balaban J connectivity index is 2.28. The van der Waals surface area contributed by atoms with E-state index in [4.69, 9.17) is 5.26 Å². The summed E-state index contributed by atoms with van der Waals surface area (Å²) in [6.45, 7) is 0. The van der Waals surface area contributed by atoms with Gasteiger partial charge < -0.3 is 5.32 Å². The first kappa shape index (κ1) is 9.15. The van der Waals surface area contributed by atoms with E-state index in [0.29, 0.717) is 5.82 Å². The Morgan fingerprint density at radius 1 is 1.40 bits per heavy atom. The second-order valence-corrected chi connectivity index (χ2v) is 2.89. The number of aryl methyl sites for hydroxylation is 1. The summed E-state index contributed by atoms with van der Waals surface area (Å²) in [6, 6.07) is 1.96. The summed E-state index contributed by atoms with van der Waals surface area (Å²) in [4.78, 5) is 7.91. The Morgan fingerprint density at radius 2 is 2.20 bits per heavy atom. The molecule has 74 valence electrons. The molecule has 1 N–H and O–H groups in total. The molecule has 0 aromatic carbocycles. The quantitative estimate of drug-likeness (QED) is 0.776. The van der Waals surface area contributed by atoms with Crippen LogP contribution in [0.3, 0.4) is 0 Å². The van der Waals surface area contributed by atoms with Gasteiger partial charge in [-0.25, -0.2) is 9.97 Å². The van der Waals surface area contributed by atoms with Gasteiger partial charge in [0.15, 0.2) is 11.5 Å². The van der Waals surface area contributed by atoms with E-state index in [1.807, 2.05) is 13.1 Å². The summed E-state index contributed by atoms with van der Waals surface area (Å²) in [7, 11) is 1.81. The zero-order valence-corrected chi connectivity index (χ0v) is 8.05.